The molecule has 0 aliphatic carbocycles. The summed E-state index contributed by atoms with van der Waals surface area (Å²) in [5, 5.41) is 27.4. The fourth-order valence-corrected chi connectivity index (χ4v) is 10.3. The second kappa shape index (κ2) is 12.0. The van der Waals surface area contributed by atoms with Crippen LogP contribution in [-0.2, 0) is 0 Å². The fourth-order valence-electron chi connectivity index (χ4n) is 10.3. The third-order valence-corrected chi connectivity index (χ3v) is 12.8. The van der Waals surface area contributed by atoms with Crippen molar-refractivity contribution in [1.82, 2.24) is 4.57 Å². The highest BCUT2D eigenvalue weighted by atomic mass is 15.0. The third-order valence-electron chi connectivity index (χ3n) is 12.8. The highest BCUT2D eigenvalue weighted by Gasteiger charge is 2.21. The first-order valence-electron chi connectivity index (χ1n) is 20.2. The normalized spacial score (nSPS) is 12.1. The molecule has 0 saturated heterocycles. The first-order chi connectivity index (χ1) is 29.2. The van der Waals surface area contributed by atoms with Crippen LogP contribution in [0.1, 0.15) is 5.56 Å². The van der Waals surface area contributed by atoms with Gasteiger partial charge in [-0.2, -0.15) is 5.26 Å². The summed E-state index contributed by atoms with van der Waals surface area (Å²) < 4.78 is 2.33. The van der Waals surface area contributed by atoms with Gasteiger partial charge in [-0.15, -0.1) is 0 Å². The zero-order chi connectivity index (χ0) is 38.8. The van der Waals surface area contributed by atoms with Gasteiger partial charge in [0.25, 0.3) is 0 Å². The summed E-state index contributed by atoms with van der Waals surface area (Å²) in [4.78, 5) is 0. The number of benzene rings is 12. The van der Waals surface area contributed by atoms with Crippen molar-refractivity contribution in [2.75, 3.05) is 0 Å². The average molecular weight is 745 g/mol. The van der Waals surface area contributed by atoms with E-state index in [1.807, 2.05) is 12.1 Å². The van der Waals surface area contributed by atoms with Gasteiger partial charge in [0.1, 0.15) is 0 Å². The lowest BCUT2D eigenvalue weighted by Crippen LogP contribution is -1.94. The molecule has 1 heterocycles. The predicted octanol–water partition coefficient (Wildman–Crippen LogP) is 15.5. The molecule has 0 aliphatic heterocycles. The molecule has 2 heteroatoms. The second-order valence-corrected chi connectivity index (χ2v) is 16.0. The standard InChI is InChI=1S/C57H32N2/c58-33-34-25-36-17-22-41-31-44(32-53-57(41)56(36)52(26-34)59(53)45-11-2-1-3-12-45)49-24-23-48(50-14-6-7-15-51(49)50)43-29-39-20-18-37-27-42(28-38-19-21-40(30-43)55(39)54(37)38)47-16-8-10-35-9-4-5-13-46(35)47/h1-32H. The largest absolute Gasteiger partial charge is 0.309 e. The van der Waals surface area contributed by atoms with E-state index in [1.54, 1.807) is 0 Å². The Hall–Kier alpha value is -7.99. The molecule has 13 rings (SSSR count). The minimum Gasteiger partial charge on any atom is -0.309 e. The van der Waals surface area contributed by atoms with Crippen LogP contribution in [0.25, 0.3) is 126 Å². The molecule has 0 N–H and O–H groups in total. The van der Waals surface area contributed by atoms with Gasteiger partial charge in [0.15, 0.2) is 0 Å². The van der Waals surface area contributed by atoms with Crippen LogP contribution in [-0.4, -0.2) is 4.57 Å². The van der Waals surface area contributed by atoms with Gasteiger partial charge < -0.3 is 4.57 Å². The minimum absolute atomic E-state index is 0.667. The van der Waals surface area contributed by atoms with Crippen molar-refractivity contribution < 1.29 is 0 Å². The van der Waals surface area contributed by atoms with Crippen molar-refractivity contribution in [3.05, 3.63) is 200 Å². The van der Waals surface area contributed by atoms with Crippen LogP contribution in [0.5, 0.6) is 0 Å². The van der Waals surface area contributed by atoms with E-state index in [1.165, 1.54) is 103 Å². The predicted molar refractivity (Wildman–Crippen MR) is 249 cm³/mol. The molecule has 2 nitrogen and oxygen atoms in total. The molecule has 0 bridgehead atoms. The molecule has 1 aromatic heterocycles. The summed E-state index contributed by atoms with van der Waals surface area (Å²) in [7, 11) is 0. The average Bonchev–Trinajstić information content (AvgIpc) is 3.63. The van der Waals surface area contributed by atoms with Crippen molar-refractivity contribution in [3.63, 3.8) is 0 Å². The highest BCUT2D eigenvalue weighted by Crippen LogP contribution is 2.45. The van der Waals surface area contributed by atoms with Gasteiger partial charge in [-0.25, -0.2) is 0 Å². The van der Waals surface area contributed by atoms with Crippen LogP contribution < -0.4 is 0 Å². The molecule has 270 valence electrons. The first kappa shape index (κ1) is 32.1. The van der Waals surface area contributed by atoms with Crippen molar-refractivity contribution >= 4 is 86.4 Å². The molecule has 0 unspecified atom stereocenters. The molecule has 59 heavy (non-hydrogen) atoms. The SMILES string of the molecule is N#Cc1cc2ccc3cc(-c4ccc(-c5cc6ccc7cc(-c8cccc9ccccc89)cc8ccc(c5)c6c78)c5ccccc45)cc4c3c2c(c1)n4-c1ccccc1. The number of fused-ring (bicyclic) bond motifs is 2. The number of nitrogens with zero attached hydrogens (tertiary/aromatic N) is 2. The zero-order valence-corrected chi connectivity index (χ0v) is 31.9. The lowest BCUT2D eigenvalue weighted by atomic mass is 9.87. The Bertz CT molecular complexity index is 3830. The van der Waals surface area contributed by atoms with Crippen LogP contribution >= 0.6 is 0 Å². The van der Waals surface area contributed by atoms with Gasteiger partial charge in [0.05, 0.1) is 22.7 Å². The summed E-state index contributed by atoms with van der Waals surface area (Å²) in [6, 6.07) is 73.5. The topological polar surface area (TPSA) is 28.7 Å². The van der Waals surface area contributed by atoms with E-state index in [2.05, 4.69) is 193 Å². The molecular weight excluding hydrogens is 713 g/mol. The lowest BCUT2D eigenvalue weighted by Gasteiger charge is -2.17. The van der Waals surface area contributed by atoms with E-state index in [9.17, 15) is 5.26 Å². The van der Waals surface area contributed by atoms with Crippen LogP contribution in [0.2, 0.25) is 0 Å². The summed E-state index contributed by atoms with van der Waals surface area (Å²) in [5.41, 5.74) is 11.3. The van der Waals surface area contributed by atoms with Gasteiger partial charge >= 0.3 is 0 Å². The van der Waals surface area contributed by atoms with E-state index in [4.69, 9.17) is 0 Å². The van der Waals surface area contributed by atoms with Crippen LogP contribution in [0, 0.1) is 11.3 Å². The van der Waals surface area contributed by atoms with E-state index < -0.39 is 0 Å². The maximum Gasteiger partial charge on any atom is 0.0992 e. The Morgan fingerprint density at radius 2 is 0.763 bits per heavy atom. The first-order valence-corrected chi connectivity index (χ1v) is 20.2. The van der Waals surface area contributed by atoms with Gasteiger partial charge in [-0.1, -0.05) is 133 Å². The van der Waals surface area contributed by atoms with Crippen molar-refractivity contribution in [2.24, 2.45) is 0 Å². The summed E-state index contributed by atoms with van der Waals surface area (Å²) in [5.74, 6) is 0. The molecule has 0 spiro atoms. The Kier molecular flexibility index (Phi) is 6.54. The molecule has 0 radical (unpaired) electrons. The van der Waals surface area contributed by atoms with Crippen LogP contribution in [0.15, 0.2) is 194 Å². The van der Waals surface area contributed by atoms with Crippen LogP contribution in [0.4, 0.5) is 0 Å². The monoisotopic (exact) mass is 744 g/mol. The van der Waals surface area contributed by atoms with E-state index >= 15 is 0 Å². The Morgan fingerprint density at radius 1 is 0.322 bits per heavy atom. The second-order valence-electron chi connectivity index (χ2n) is 16.0. The third kappa shape index (κ3) is 4.62. The van der Waals surface area contributed by atoms with Crippen LogP contribution in [0.3, 0.4) is 0 Å². The highest BCUT2D eigenvalue weighted by molar-refractivity contribution is 6.27. The number of aromatic nitrogens is 1. The maximum absolute atomic E-state index is 9.98. The molecule has 0 aliphatic rings. The van der Waals surface area contributed by atoms with Gasteiger partial charge in [-0.05, 0) is 159 Å². The number of nitriles is 1. The summed E-state index contributed by atoms with van der Waals surface area (Å²) in [6.45, 7) is 0. The molecule has 0 atom stereocenters. The summed E-state index contributed by atoms with van der Waals surface area (Å²) in [6.07, 6.45) is 0. The van der Waals surface area contributed by atoms with Crippen molar-refractivity contribution in [2.45, 2.75) is 0 Å². The number of hydrogen-bond donors (Lipinski definition) is 0. The van der Waals surface area contributed by atoms with Crippen molar-refractivity contribution in [3.8, 4) is 45.1 Å². The van der Waals surface area contributed by atoms with Crippen molar-refractivity contribution in [1.29, 1.82) is 5.26 Å². The van der Waals surface area contributed by atoms with E-state index in [-0.39, 0.29) is 0 Å². The van der Waals surface area contributed by atoms with E-state index in [0.717, 1.165) is 22.1 Å². The van der Waals surface area contributed by atoms with Gasteiger partial charge in [-0.3, -0.25) is 0 Å². The number of para-hydroxylation sites is 1. The molecule has 12 aromatic carbocycles. The number of rotatable bonds is 4. The summed E-state index contributed by atoms with van der Waals surface area (Å²) >= 11 is 0. The smallest absolute Gasteiger partial charge is 0.0992 e. The zero-order valence-electron chi connectivity index (χ0n) is 31.9. The van der Waals surface area contributed by atoms with Gasteiger partial charge in [0.2, 0.25) is 0 Å². The molecule has 0 fully saturated rings. The Labute approximate surface area is 339 Å². The minimum atomic E-state index is 0.667. The molecule has 0 amide bonds. The molecular formula is C57H32N2. The van der Waals surface area contributed by atoms with Gasteiger partial charge in [0, 0.05) is 16.5 Å². The maximum atomic E-state index is 9.98. The Balaban J connectivity index is 0.982. The quantitative estimate of drug-likeness (QED) is 0.165. The number of hydrogen-bond acceptors (Lipinski definition) is 1. The fraction of sp³-hybridized carbons (Fsp3) is 0. The lowest BCUT2D eigenvalue weighted by molar-refractivity contribution is 1.18. The Morgan fingerprint density at radius 3 is 1.34 bits per heavy atom. The molecule has 0 saturated carbocycles. The molecule has 13 aromatic rings. The van der Waals surface area contributed by atoms with E-state index in [0.29, 0.717) is 5.56 Å².